The number of rotatable bonds is 4. The third kappa shape index (κ3) is 4.29. The molecule has 2 N–H and O–H groups in total. The van der Waals surface area contributed by atoms with E-state index in [1.807, 2.05) is 0 Å². The van der Waals surface area contributed by atoms with E-state index in [0.29, 0.717) is 0 Å². The summed E-state index contributed by atoms with van der Waals surface area (Å²) in [6.07, 6.45) is -0.724. The number of carbonyl (C=O) groups excluding carboxylic acids is 1. The van der Waals surface area contributed by atoms with E-state index in [-0.39, 0.29) is 46.9 Å². The summed E-state index contributed by atoms with van der Waals surface area (Å²) in [4.78, 5) is 12.8. The smallest absolute Gasteiger partial charge is 0.253 e. The molecule has 1 saturated carbocycles. The highest BCUT2D eigenvalue weighted by Gasteiger charge is 2.43. The van der Waals surface area contributed by atoms with Gasteiger partial charge in [0.05, 0.1) is 27.3 Å². The highest BCUT2D eigenvalue weighted by molar-refractivity contribution is 6.34. The Kier molecular flexibility index (Phi) is 6.22. The molecular formula is C20H18Cl2F3NO2. The molecule has 0 aliphatic heterocycles. The van der Waals surface area contributed by atoms with Crippen LogP contribution in [0.25, 0.3) is 0 Å². The molecule has 150 valence electrons. The molecule has 0 heterocycles. The lowest BCUT2D eigenvalue weighted by Gasteiger charge is -2.41. The number of aliphatic hydroxyl groups is 1. The molecule has 1 unspecified atom stereocenters. The van der Waals surface area contributed by atoms with Crippen LogP contribution in [0.15, 0.2) is 36.4 Å². The van der Waals surface area contributed by atoms with Gasteiger partial charge in [-0.05, 0) is 55.5 Å². The average molecular weight is 432 g/mol. The standard InChI is InChI=1S/C20H18Cl2F3NO2/c21-15-10-12(24)4-5-13(15)19(27)26-18(14-2-1-3-16(25)17(14)22)20(28)8-6-11(23)7-9-20/h1-5,10-11,18,28H,6-9H2,(H,26,27). The van der Waals surface area contributed by atoms with Crippen LogP contribution in [-0.2, 0) is 0 Å². The molecule has 3 nitrogen and oxygen atoms in total. The summed E-state index contributed by atoms with van der Waals surface area (Å²) in [6, 6.07) is 6.23. The molecule has 1 aliphatic carbocycles. The Morgan fingerprint density at radius 2 is 1.86 bits per heavy atom. The van der Waals surface area contributed by atoms with Crippen LogP contribution in [0.1, 0.15) is 47.6 Å². The first-order valence-corrected chi connectivity index (χ1v) is 9.53. The van der Waals surface area contributed by atoms with Crippen molar-refractivity contribution in [3.05, 3.63) is 69.2 Å². The summed E-state index contributed by atoms with van der Waals surface area (Å²) in [6.45, 7) is 0. The Labute approximate surface area is 170 Å². The molecule has 2 aromatic carbocycles. The molecule has 0 aromatic heterocycles. The van der Waals surface area contributed by atoms with Crippen LogP contribution < -0.4 is 5.32 Å². The number of amides is 1. The van der Waals surface area contributed by atoms with E-state index in [2.05, 4.69) is 5.32 Å². The van der Waals surface area contributed by atoms with E-state index >= 15 is 0 Å². The molecule has 0 radical (unpaired) electrons. The fraction of sp³-hybridized carbons (Fsp3) is 0.350. The predicted molar refractivity (Wildman–Crippen MR) is 101 cm³/mol. The molecule has 28 heavy (non-hydrogen) atoms. The van der Waals surface area contributed by atoms with Gasteiger partial charge in [0.1, 0.15) is 17.8 Å². The Morgan fingerprint density at radius 1 is 1.18 bits per heavy atom. The van der Waals surface area contributed by atoms with Gasteiger partial charge in [-0.25, -0.2) is 13.2 Å². The molecule has 2 aromatic rings. The molecule has 1 fully saturated rings. The summed E-state index contributed by atoms with van der Waals surface area (Å²) in [5, 5.41) is 13.5. The van der Waals surface area contributed by atoms with Crippen molar-refractivity contribution in [2.45, 2.75) is 43.5 Å². The number of halogens is 5. The maximum atomic E-state index is 14.0. The Morgan fingerprint density at radius 3 is 2.50 bits per heavy atom. The number of benzene rings is 2. The quantitative estimate of drug-likeness (QED) is 0.681. The topological polar surface area (TPSA) is 49.3 Å². The van der Waals surface area contributed by atoms with Crippen molar-refractivity contribution in [1.82, 2.24) is 5.32 Å². The van der Waals surface area contributed by atoms with Crippen molar-refractivity contribution >= 4 is 29.1 Å². The molecule has 0 saturated heterocycles. The minimum Gasteiger partial charge on any atom is -0.387 e. The van der Waals surface area contributed by atoms with Crippen LogP contribution >= 0.6 is 23.2 Å². The second-order valence-electron chi connectivity index (χ2n) is 6.95. The minimum absolute atomic E-state index is 0.0108. The highest BCUT2D eigenvalue weighted by Crippen LogP contribution is 2.42. The predicted octanol–water partition coefficient (Wildman–Crippen LogP) is 5.39. The van der Waals surface area contributed by atoms with Gasteiger partial charge in [-0.1, -0.05) is 35.3 Å². The average Bonchev–Trinajstić information content (AvgIpc) is 2.65. The zero-order valence-corrected chi connectivity index (χ0v) is 16.2. The second kappa shape index (κ2) is 8.31. The van der Waals surface area contributed by atoms with Crippen LogP contribution in [-0.4, -0.2) is 22.8 Å². The lowest BCUT2D eigenvalue weighted by atomic mass is 9.76. The lowest BCUT2D eigenvalue weighted by molar-refractivity contribution is -0.0445. The van der Waals surface area contributed by atoms with Gasteiger partial charge in [-0.15, -0.1) is 0 Å². The zero-order valence-electron chi connectivity index (χ0n) is 14.7. The van der Waals surface area contributed by atoms with Crippen LogP contribution in [0.2, 0.25) is 10.0 Å². The van der Waals surface area contributed by atoms with Crippen molar-refractivity contribution in [2.24, 2.45) is 0 Å². The van der Waals surface area contributed by atoms with Crippen LogP contribution in [0.3, 0.4) is 0 Å². The van der Waals surface area contributed by atoms with Crippen molar-refractivity contribution in [3.8, 4) is 0 Å². The first-order valence-electron chi connectivity index (χ1n) is 8.77. The van der Waals surface area contributed by atoms with Gasteiger partial charge in [-0.3, -0.25) is 4.79 Å². The zero-order chi connectivity index (χ0) is 20.5. The molecule has 1 amide bonds. The largest absolute Gasteiger partial charge is 0.387 e. The van der Waals surface area contributed by atoms with Crippen LogP contribution in [0.5, 0.6) is 0 Å². The van der Waals surface area contributed by atoms with E-state index in [9.17, 15) is 23.1 Å². The molecule has 3 rings (SSSR count). The SMILES string of the molecule is O=C(NC(c1cccc(F)c1Cl)C1(O)CCC(F)CC1)c1ccc(F)cc1Cl. The number of hydrogen-bond donors (Lipinski definition) is 2. The maximum absolute atomic E-state index is 14.0. The summed E-state index contributed by atoms with van der Waals surface area (Å²) in [5.41, 5.74) is -1.36. The van der Waals surface area contributed by atoms with Crippen molar-refractivity contribution in [1.29, 1.82) is 0 Å². The minimum atomic E-state index is -1.53. The van der Waals surface area contributed by atoms with Gasteiger partial charge >= 0.3 is 0 Å². The first kappa shape index (κ1) is 21.0. The number of carbonyl (C=O) groups is 1. The van der Waals surface area contributed by atoms with E-state index in [4.69, 9.17) is 23.2 Å². The summed E-state index contributed by atoms with van der Waals surface area (Å²) < 4.78 is 40.9. The third-order valence-electron chi connectivity index (χ3n) is 5.06. The van der Waals surface area contributed by atoms with E-state index in [1.165, 1.54) is 18.2 Å². The number of nitrogens with one attached hydrogen (secondary N) is 1. The summed E-state index contributed by atoms with van der Waals surface area (Å²) in [5.74, 6) is -2.00. The number of hydrogen-bond acceptors (Lipinski definition) is 2. The van der Waals surface area contributed by atoms with Crippen molar-refractivity contribution in [2.75, 3.05) is 0 Å². The van der Waals surface area contributed by atoms with Crippen molar-refractivity contribution in [3.63, 3.8) is 0 Å². The third-order valence-corrected chi connectivity index (χ3v) is 5.77. The van der Waals surface area contributed by atoms with Gasteiger partial charge in [0.2, 0.25) is 0 Å². The Balaban J connectivity index is 1.99. The lowest BCUT2D eigenvalue weighted by Crippen LogP contribution is -2.48. The van der Waals surface area contributed by atoms with Crippen molar-refractivity contribution < 1.29 is 23.1 Å². The van der Waals surface area contributed by atoms with Gasteiger partial charge in [0.15, 0.2) is 0 Å². The number of alkyl halides is 1. The summed E-state index contributed by atoms with van der Waals surface area (Å²) >= 11 is 12.0. The first-order chi connectivity index (χ1) is 13.2. The molecule has 1 atom stereocenters. The molecule has 0 spiro atoms. The van der Waals surface area contributed by atoms with E-state index in [0.717, 1.165) is 18.2 Å². The van der Waals surface area contributed by atoms with Crippen LogP contribution in [0, 0.1) is 11.6 Å². The van der Waals surface area contributed by atoms with E-state index in [1.54, 1.807) is 0 Å². The highest BCUT2D eigenvalue weighted by atomic mass is 35.5. The Hall–Kier alpha value is -1.76. The fourth-order valence-electron chi connectivity index (χ4n) is 3.50. The molecule has 1 aliphatic rings. The van der Waals surface area contributed by atoms with Gasteiger partial charge < -0.3 is 10.4 Å². The molecule has 8 heteroatoms. The Bertz CT molecular complexity index is 886. The normalized spacial score (nSPS) is 23.3. The monoisotopic (exact) mass is 431 g/mol. The van der Waals surface area contributed by atoms with Gasteiger partial charge in [-0.2, -0.15) is 0 Å². The maximum Gasteiger partial charge on any atom is 0.253 e. The molecular weight excluding hydrogens is 414 g/mol. The second-order valence-corrected chi connectivity index (χ2v) is 7.74. The van der Waals surface area contributed by atoms with Gasteiger partial charge in [0, 0.05) is 0 Å². The van der Waals surface area contributed by atoms with E-state index < -0.39 is 35.4 Å². The van der Waals surface area contributed by atoms with Crippen LogP contribution in [0.4, 0.5) is 13.2 Å². The fourth-order valence-corrected chi connectivity index (χ4v) is 3.99. The van der Waals surface area contributed by atoms with Gasteiger partial charge in [0.25, 0.3) is 5.91 Å². The molecule has 0 bridgehead atoms. The summed E-state index contributed by atoms with van der Waals surface area (Å²) in [7, 11) is 0.